The first-order chi connectivity index (χ1) is 6.70. The topological polar surface area (TPSA) is 67.5 Å². The van der Waals surface area contributed by atoms with Crippen LogP contribution in [-0.2, 0) is 11.2 Å². The van der Waals surface area contributed by atoms with Crippen LogP contribution in [0.25, 0.3) is 0 Å². The number of rotatable bonds is 1. The summed E-state index contributed by atoms with van der Waals surface area (Å²) in [6.45, 7) is 0. The van der Waals surface area contributed by atoms with Gasteiger partial charge in [-0.1, -0.05) is 0 Å². The molecule has 14 heavy (non-hydrogen) atoms. The molecule has 2 rings (SSSR count). The number of hydrogen-bond acceptors (Lipinski definition) is 2. The third-order valence-corrected chi connectivity index (χ3v) is 2.27. The van der Waals surface area contributed by atoms with Crippen molar-refractivity contribution in [3.05, 3.63) is 29.3 Å². The van der Waals surface area contributed by atoms with Crippen LogP contribution in [0.3, 0.4) is 0 Å². The van der Waals surface area contributed by atoms with E-state index in [0.29, 0.717) is 12.3 Å². The Morgan fingerprint density at radius 3 is 3.07 bits per heavy atom. The smallest absolute Gasteiger partial charge is 0.228 e. The van der Waals surface area contributed by atoms with Crippen LogP contribution in [-0.4, -0.2) is 18.8 Å². The summed E-state index contributed by atoms with van der Waals surface area (Å²) in [5, 5.41) is 2.76. The molecule has 1 aliphatic rings. The predicted molar refractivity (Wildman–Crippen MR) is 55.4 cm³/mol. The first kappa shape index (κ1) is 8.74. The van der Waals surface area contributed by atoms with E-state index >= 15 is 0 Å². The van der Waals surface area contributed by atoms with Crippen molar-refractivity contribution in [2.45, 2.75) is 6.42 Å². The summed E-state index contributed by atoms with van der Waals surface area (Å²) in [5.41, 5.74) is 8.39. The van der Waals surface area contributed by atoms with Crippen molar-refractivity contribution >= 4 is 17.4 Å². The van der Waals surface area contributed by atoms with Gasteiger partial charge in [-0.15, -0.1) is 0 Å². The fourth-order valence-corrected chi connectivity index (χ4v) is 1.52. The second-order valence-electron chi connectivity index (χ2n) is 3.21. The van der Waals surface area contributed by atoms with Crippen LogP contribution in [0.4, 0.5) is 5.69 Å². The molecule has 1 aromatic carbocycles. The molecule has 1 aromatic rings. The molecule has 0 spiro atoms. The molecule has 72 valence electrons. The molecule has 0 saturated heterocycles. The van der Waals surface area contributed by atoms with Gasteiger partial charge in [0.2, 0.25) is 5.91 Å². The van der Waals surface area contributed by atoms with Gasteiger partial charge >= 0.3 is 0 Å². The Morgan fingerprint density at radius 1 is 1.57 bits per heavy atom. The molecule has 4 nitrogen and oxygen atoms in total. The van der Waals surface area contributed by atoms with Crippen LogP contribution in [0.5, 0.6) is 0 Å². The average molecular weight is 189 g/mol. The zero-order valence-electron chi connectivity index (χ0n) is 7.87. The molecule has 0 saturated carbocycles. The van der Waals surface area contributed by atoms with Crippen LogP contribution in [0.1, 0.15) is 11.1 Å². The van der Waals surface area contributed by atoms with Gasteiger partial charge < -0.3 is 11.1 Å². The summed E-state index contributed by atoms with van der Waals surface area (Å²) < 4.78 is 0. The van der Waals surface area contributed by atoms with E-state index in [1.807, 2.05) is 18.2 Å². The number of nitrogens with zero attached hydrogens (tertiary/aromatic N) is 1. The number of amidine groups is 1. The molecule has 0 bridgehead atoms. The lowest BCUT2D eigenvalue weighted by atomic mass is 10.1. The van der Waals surface area contributed by atoms with Crippen molar-refractivity contribution in [2.24, 2.45) is 10.7 Å². The van der Waals surface area contributed by atoms with Gasteiger partial charge in [0.15, 0.2) is 0 Å². The van der Waals surface area contributed by atoms with E-state index in [9.17, 15) is 4.79 Å². The highest BCUT2D eigenvalue weighted by Crippen LogP contribution is 2.23. The predicted octanol–water partition coefficient (Wildman–Crippen LogP) is 0.516. The number of nitrogens with one attached hydrogen (secondary N) is 1. The maximum absolute atomic E-state index is 11.1. The van der Waals surface area contributed by atoms with E-state index < -0.39 is 0 Å². The number of hydrogen-bond donors (Lipinski definition) is 2. The summed E-state index contributed by atoms with van der Waals surface area (Å²) >= 11 is 0. The molecule has 1 amide bonds. The zero-order valence-corrected chi connectivity index (χ0v) is 7.87. The van der Waals surface area contributed by atoms with Gasteiger partial charge in [-0.3, -0.25) is 9.79 Å². The summed E-state index contributed by atoms with van der Waals surface area (Å²) in [6.07, 6.45) is 0.431. The lowest BCUT2D eigenvalue weighted by molar-refractivity contribution is -0.115. The van der Waals surface area contributed by atoms with Crippen molar-refractivity contribution < 1.29 is 4.79 Å². The summed E-state index contributed by atoms with van der Waals surface area (Å²) in [4.78, 5) is 15.0. The minimum absolute atomic E-state index is 0.0316. The molecular weight excluding hydrogens is 178 g/mol. The Hall–Kier alpha value is -1.84. The molecule has 1 heterocycles. The molecule has 0 atom stereocenters. The fraction of sp³-hybridized carbons (Fsp3) is 0.200. The Bertz CT molecular complexity index is 423. The highest BCUT2D eigenvalue weighted by atomic mass is 16.1. The Morgan fingerprint density at radius 2 is 2.36 bits per heavy atom. The van der Waals surface area contributed by atoms with Crippen molar-refractivity contribution in [2.75, 3.05) is 12.4 Å². The Balaban J connectivity index is 2.42. The number of fused-ring (bicyclic) bond motifs is 1. The SMILES string of the molecule is CN=C(N)c1ccc2c(c1)CC(=O)N2. The largest absolute Gasteiger partial charge is 0.384 e. The number of benzene rings is 1. The maximum atomic E-state index is 11.1. The first-order valence-corrected chi connectivity index (χ1v) is 4.36. The van der Waals surface area contributed by atoms with Gasteiger partial charge in [0, 0.05) is 18.3 Å². The van der Waals surface area contributed by atoms with Gasteiger partial charge in [0.1, 0.15) is 5.84 Å². The number of aliphatic imine (C=N–C) groups is 1. The molecule has 0 aliphatic carbocycles. The average Bonchev–Trinajstić information content (AvgIpc) is 2.55. The van der Waals surface area contributed by atoms with Crippen molar-refractivity contribution in [1.29, 1.82) is 0 Å². The van der Waals surface area contributed by atoms with Crippen molar-refractivity contribution in [3.8, 4) is 0 Å². The minimum atomic E-state index is 0.0316. The molecule has 0 fully saturated rings. The van der Waals surface area contributed by atoms with E-state index in [0.717, 1.165) is 16.8 Å². The highest BCUT2D eigenvalue weighted by Gasteiger charge is 2.17. The molecule has 3 N–H and O–H groups in total. The summed E-state index contributed by atoms with van der Waals surface area (Å²) in [7, 11) is 1.64. The van der Waals surface area contributed by atoms with Gasteiger partial charge in [-0.25, -0.2) is 0 Å². The molecule has 0 aromatic heterocycles. The van der Waals surface area contributed by atoms with Gasteiger partial charge in [0.05, 0.1) is 6.42 Å². The van der Waals surface area contributed by atoms with Crippen molar-refractivity contribution in [3.63, 3.8) is 0 Å². The molecule has 1 aliphatic heterocycles. The number of carbonyl (C=O) groups excluding carboxylic acids is 1. The van der Waals surface area contributed by atoms with Crippen LogP contribution in [0, 0.1) is 0 Å². The van der Waals surface area contributed by atoms with Gasteiger partial charge in [0.25, 0.3) is 0 Å². The normalized spacial score (nSPS) is 15.2. The van der Waals surface area contributed by atoms with E-state index in [1.54, 1.807) is 7.05 Å². The van der Waals surface area contributed by atoms with Gasteiger partial charge in [-0.2, -0.15) is 0 Å². The number of amides is 1. The van der Waals surface area contributed by atoms with Crippen LogP contribution < -0.4 is 11.1 Å². The number of nitrogens with two attached hydrogens (primary N) is 1. The fourth-order valence-electron chi connectivity index (χ4n) is 1.52. The summed E-state index contributed by atoms with van der Waals surface area (Å²) in [6, 6.07) is 5.61. The van der Waals surface area contributed by atoms with E-state index in [1.165, 1.54) is 0 Å². The standard InChI is InChI=1S/C10H11N3O/c1-12-10(11)6-2-3-8-7(4-6)5-9(14)13-8/h2-4H,5H2,1H3,(H2,11,12)(H,13,14). The molecule has 0 radical (unpaired) electrons. The maximum Gasteiger partial charge on any atom is 0.228 e. The molecular formula is C10H11N3O. The first-order valence-electron chi connectivity index (χ1n) is 4.36. The molecule has 0 unspecified atom stereocenters. The third-order valence-electron chi connectivity index (χ3n) is 2.27. The zero-order chi connectivity index (χ0) is 10.1. The van der Waals surface area contributed by atoms with Crippen molar-refractivity contribution in [1.82, 2.24) is 0 Å². The Kier molecular flexibility index (Phi) is 1.96. The third kappa shape index (κ3) is 1.35. The highest BCUT2D eigenvalue weighted by molar-refractivity contribution is 6.02. The van der Waals surface area contributed by atoms with E-state index in [4.69, 9.17) is 5.73 Å². The number of carbonyl (C=O) groups is 1. The quantitative estimate of drug-likeness (QED) is 0.499. The number of anilines is 1. The molecule has 4 heteroatoms. The monoisotopic (exact) mass is 189 g/mol. The second-order valence-corrected chi connectivity index (χ2v) is 3.21. The lowest BCUT2D eigenvalue weighted by Gasteiger charge is -2.02. The lowest BCUT2D eigenvalue weighted by Crippen LogP contribution is -2.12. The van der Waals surface area contributed by atoms with E-state index in [-0.39, 0.29) is 5.91 Å². The van der Waals surface area contributed by atoms with Gasteiger partial charge in [-0.05, 0) is 23.8 Å². The second kappa shape index (κ2) is 3.14. The van der Waals surface area contributed by atoms with Crippen LogP contribution >= 0.6 is 0 Å². The summed E-state index contributed by atoms with van der Waals surface area (Å²) in [5.74, 6) is 0.524. The van der Waals surface area contributed by atoms with Crippen LogP contribution in [0.2, 0.25) is 0 Å². The Labute approximate surface area is 81.8 Å². The van der Waals surface area contributed by atoms with E-state index in [2.05, 4.69) is 10.3 Å². The minimum Gasteiger partial charge on any atom is -0.384 e. The van der Waals surface area contributed by atoms with Crippen LogP contribution in [0.15, 0.2) is 23.2 Å².